The molecule has 6 heteroatoms. The monoisotopic (exact) mass is 282 g/mol. The Morgan fingerprint density at radius 2 is 1.70 bits per heavy atom. The summed E-state index contributed by atoms with van der Waals surface area (Å²) in [6.07, 6.45) is 0.907. The van der Waals surface area contributed by atoms with Crippen LogP contribution in [0.5, 0.6) is 0 Å². The number of aromatic carboxylic acids is 1. The highest BCUT2D eigenvalue weighted by Gasteiger charge is 2.16. The van der Waals surface area contributed by atoms with Crippen LogP contribution in [0.1, 0.15) is 34.1 Å². The van der Waals surface area contributed by atoms with Crippen LogP contribution in [0.15, 0.2) is 24.3 Å². The zero-order valence-electron chi connectivity index (χ0n) is 11.3. The molecule has 1 N–H and O–H groups in total. The molecule has 0 saturated heterocycles. The lowest BCUT2D eigenvalue weighted by molar-refractivity contribution is -0.0645. The fraction of sp³-hybridized carbons (Fsp3) is 0.429. The van der Waals surface area contributed by atoms with Gasteiger partial charge in [-0.1, -0.05) is 19.1 Å². The Morgan fingerprint density at radius 1 is 1.05 bits per heavy atom. The number of hydrogen-bond acceptors (Lipinski definition) is 5. The smallest absolute Gasteiger partial charge is 0.339 e. The molecule has 0 bridgehead atoms. The van der Waals surface area contributed by atoms with Gasteiger partial charge in [0.25, 0.3) is 0 Å². The van der Waals surface area contributed by atoms with Gasteiger partial charge >= 0.3 is 11.9 Å². The predicted molar refractivity (Wildman–Crippen MR) is 70.7 cm³/mol. The summed E-state index contributed by atoms with van der Waals surface area (Å²) in [5, 5.41) is 8.96. The van der Waals surface area contributed by atoms with Crippen molar-refractivity contribution in [2.24, 2.45) is 0 Å². The van der Waals surface area contributed by atoms with E-state index in [1.54, 1.807) is 12.1 Å². The zero-order valence-corrected chi connectivity index (χ0v) is 11.3. The predicted octanol–water partition coefficient (Wildman–Crippen LogP) is 1.94. The van der Waals surface area contributed by atoms with Crippen molar-refractivity contribution in [1.29, 1.82) is 0 Å². The van der Waals surface area contributed by atoms with Gasteiger partial charge in [0.1, 0.15) is 13.4 Å². The number of hydrogen-bond donors (Lipinski definition) is 1. The van der Waals surface area contributed by atoms with Crippen molar-refractivity contribution in [2.75, 3.05) is 26.6 Å². The van der Waals surface area contributed by atoms with Crippen molar-refractivity contribution in [3.63, 3.8) is 0 Å². The average molecular weight is 282 g/mol. The highest BCUT2D eigenvalue weighted by atomic mass is 16.7. The molecule has 0 heterocycles. The summed E-state index contributed by atoms with van der Waals surface area (Å²) in [7, 11) is 0. The van der Waals surface area contributed by atoms with E-state index in [0.29, 0.717) is 6.61 Å². The van der Waals surface area contributed by atoms with E-state index >= 15 is 0 Å². The van der Waals surface area contributed by atoms with Crippen LogP contribution in [0.2, 0.25) is 0 Å². The Bertz CT molecular complexity index is 443. The van der Waals surface area contributed by atoms with E-state index in [-0.39, 0.29) is 31.1 Å². The lowest BCUT2D eigenvalue weighted by atomic mass is 10.1. The van der Waals surface area contributed by atoms with Gasteiger partial charge in [0.05, 0.1) is 17.7 Å². The Hall–Kier alpha value is -1.92. The minimum absolute atomic E-state index is 0.0298. The molecule has 0 aliphatic carbocycles. The van der Waals surface area contributed by atoms with Gasteiger partial charge < -0.3 is 19.3 Å². The third-order valence-electron chi connectivity index (χ3n) is 2.35. The summed E-state index contributed by atoms with van der Waals surface area (Å²) in [4.78, 5) is 22.7. The first-order valence-electron chi connectivity index (χ1n) is 6.31. The summed E-state index contributed by atoms with van der Waals surface area (Å²) in [6, 6.07) is 5.90. The second-order valence-corrected chi connectivity index (χ2v) is 3.92. The third-order valence-corrected chi connectivity index (χ3v) is 2.35. The van der Waals surface area contributed by atoms with Crippen molar-refractivity contribution >= 4 is 11.9 Å². The highest BCUT2D eigenvalue weighted by molar-refractivity contribution is 6.02. The van der Waals surface area contributed by atoms with E-state index in [0.717, 1.165) is 6.42 Å². The van der Waals surface area contributed by atoms with Crippen LogP contribution in [0, 0.1) is 0 Å². The maximum Gasteiger partial charge on any atom is 0.339 e. The van der Waals surface area contributed by atoms with Gasteiger partial charge in [-0.3, -0.25) is 0 Å². The van der Waals surface area contributed by atoms with Gasteiger partial charge in [-0.25, -0.2) is 9.59 Å². The summed E-state index contributed by atoms with van der Waals surface area (Å²) < 4.78 is 15.1. The summed E-state index contributed by atoms with van der Waals surface area (Å²) in [5.41, 5.74) is -0.0491. The molecule has 0 aliphatic heterocycles. The Kier molecular flexibility index (Phi) is 7.31. The standard InChI is InChI=1S/C14H18O6/c1-2-7-18-10-19-8-9-20-14(17)12-6-4-3-5-11(12)13(15)16/h3-6H,2,7-10H2,1H3,(H,15,16). The number of benzene rings is 1. The molecule has 1 aromatic carbocycles. The van der Waals surface area contributed by atoms with Gasteiger partial charge in [-0.05, 0) is 18.6 Å². The minimum atomic E-state index is -1.17. The first kappa shape index (κ1) is 16.1. The van der Waals surface area contributed by atoms with E-state index in [4.69, 9.17) is 19.3 Å². The minimum Gasteiger partial charge on any atom is -0.478 e. The summed E-state index contributed by atoms with van der Waals surface area (Å²) >= 11 is 0. The van der Waals surface area contributed by atoms with Gasteiger partial charge in [0, 0.05) is 6.61 Å². The van der Waals surface area contributed by atoms with Gasteiger partial charge in [0.15, 0.2) is 0 Å². The Balaban J connectivity index is 2.35. The molecule has 0 amide bonds. The lowest BCUT2D eigenvalue weighted by Gasteiger charge is -2.08. The van der Waals surface area contributed by atoms with Crippen LogP contribution in [-0.2, 0) is 14.2 Å². The number of carbonyl (C=O) groups is 2. The summed E-state index contributed by atoms with van der Waals surface area (Å²) in [5.74, 6) is -1.84. The molecule has 1 aromatic rings. The zero-order chi connectivity index (χ0) is 14.8. The Morgan fingerprint density at radius 3 is 2.35 bits per heavy atom. The molecule has 0 aromatic heterocycles. The molecule has 0 unspecified atom stereocenters. The third kappa shape index (κ3) is 5.38. The molecular formula is C14H18O6. The van der Waals surface area contributed by atoms with E-state index in [1.165, 1.54) is 12.1 Å². The fourth-order valence-corrected chi connectivity index (χ4v) is 1.44. The normalized spacial score (nSPS) is 10.2. The quantitative estimate of drug-likeness (QED) is 0.423. The SMILES string of the molecule is CCCOCOCCOC(=O)c1ccccc1C(=O)O. The first-order valence-corrected chi connectivity index (χ1v) is 6.31. The van der Waals surface area contributed by atoms with Crippen molar-refractivity contribution < 1.29 is 28.9 Å². The fourth-order valence-electron chi connectivity index (χ4n) is 1.44. The number of carboxylic acids is 1. The van der Waals surface area contributed by atoms with Crippen LogP contribution in [0.4, 0.5) is 0 Å². The van der Waals surface area contributed by atoms with Crippen molar-refractivity contribution in [3.8, 4) is 0 Å². The lowest BCUT2D eigenvalue weighted by Crippen LogP contribution is -2.15. The number of carbonyl (C=O) groups excluding carboxylic acids is 1. The largest absolute Gasteiger partial charge is 0.478 e. The van der Waals surface area contributed by atoms with E-state index in [2.05, 4.69) is 0 Å². The molecule has 6 nitrogen and oxygen atoms in total. The number of esters is 1. The average Bonchev–Trinajstić information content (AvgIpc) is 2.46. The van der Waals surface area contributed by atoms with Crippen LogP contribution in [-0.4, -0.2) is 43.7 Å². The van der Waals surface area contributed by atoms with E-state index in [9.17, 15) is 9.59 Å². The maximum absolute atomic E-state index is 11.7. The molecule has 0 aliphatic rings. The molecule has 20 heavy (non-hydrogen) atoms. The van der Waals surface area contributed by atoms with Gasteiger partial charge in [0.2, 0.25) is 0 Å². The molecular weight excluding hydrogens is 264 g/mol. The second kappa shape index (κ2) is 9.06. The highest BCUT2D eigenvalue weighted by Crippen LogP contribution is 2.10. The molecule has 0 fully saturated rings. The first-order chi connectivity index (χ1) is 9.66. The van der Waals surface area contributed by atoms with Crippen molar-refractivity contribution in [2.45, 2.75) is 13.3 Å². The number of ether oxygens (including phenoxy) is 3. The van der Waals surface area contributed by atoms with Gasteiger partial charge in [-0.2, -0.15) is 0 Å². The van der Waals surface area contributed by atoms with Crippen LogP contribution in [0.3, 0.4) is 0 Å². The molecule has 110 valence electrons. The van der Waals surface area contributed by atoms with E-state index < -0.39 is 11.9 Å². The molecule has 0 radical (unpaired) electrons. The van der Waals surface area contributed by atoms with Crippen LogP contribution >= 0.6 is 0 Å². The summed E-state index contributed by atoms with van der Waals surface area (Å²) in [6.45, 7) is 3.00. The molecule has 0 atom stereocenters. The second-order valence-electron chi connectivity index (χ2n) is 3.92. The number of rotatable bonds is 9. The maximum atomic E-state index is 11.7. The molecule has 0 spiro atoms. The van der Waals surface area contributed by atoms with Gasteiger partial charge in [-0.15, -0.1) is 0 Å². The van der Waals surface area contributed by atoms with E-state index in [1.807, 2.05) is 6.92 Å². The molecule has 0 saturated carbocycles. The topological polar surface area (TPSA) is 82.1 Å². The van der Waals surface area contributed by atoms with Crippen LogP contribution in [0.25, 0.3) is 0 Å². The van der Waals surface area contributed by atoms with Crippen molar-refractivity contribution in [3.05, 3.63) is 35.4 Å². The number of carboxylic acid groups (broad SMARTS) is 1. The van der Waals surface area contributed by atoms with Crippen LogP contribution < -0.4 is 0 Å². The Labute approximate surface area is 117 Å². The van der Waals surface area contributed by atoms with Crippen molar-refractivity contribution in [1.82, 2.24) is 0 Å². The molecule has 1 rings (SSSR count).